The Morgan fingerprint density at radius 3 is 2.47 bits per heavy atom. The number of hydrogen-bond donors (Lipinski definition) is 1. The Morgan fingerprint density at radius 2 is 1.93 bits per heavy atom. The Kier molecular flexibility index (Phi) is 4.31. The predicted molar refractivity (Wildman–Crippen MR) is 57.5 cm³/mol. The van der Waals surface area contributed by atoms with Gasteiger partial charge in [-0.1, -0.05) is 30.3 Å². The van der Waals surface area contributed by atoms with Gasteiger partial charge in [-0.25, -0.2) is 0 Å². The highest BCUT2D eigenvalue weighted by Gasteiger charge is 2.19. The molecule has 1 rings (SSSR count). The number of carbonyl (C=O) groups is 1. The topological polar surface area (TPSA) is 46.5 Å². The third-order valence-corrected chi connectivity index (χ3v) is 2.45. The molecule has 82 valence electrons. The zero-order chi connectivity index (χ0) is 11.3. The quantitative estimate of drug-likeness (QED) is 0.807. The van der Waals surface area contributed by atoms with Gasteiger partial charge in [0.2, 0.25) is 0 Å². The van der Waals surface area contributed by atoms with Crippen LogP contribution < -0.4 is 0 Å². The molecule has 1 aromatic rings. The Morgan fingerprint density at radius 1 is 1.33 bits per heavy atom. The lowest BCUT2D eigenvalue weighted by molar-refractivity contribution is -0.146. The number of rotatable bonds is 5. The van der Waals surface area contributed by atoms with Crippen molar-refractivity contribution in [2.24, 2.45) is 5.92 Å². The van der Waals surface area contributed by atoms with Crippen molar-refractivity contribution >= 4 is 5.97 Å². The number of benzene rings is 1. The van der Waals surface area contributed by atoms with Gasteiger partial charge in [0.25, 0.3) is 0 Å². The zero-order valence-electron chi connectivity index (χ0n) is 9.01. The molecule has 0 aromatic heterocycles. The van der Waals surface area contributed by atoms with Crippen LogP contribution in [0.25, 0.3) is 0 Å². The van der Waals surface area contributed by atoms with Gasteiger partial charge in [-0.05, 0) is 19.4 Å². The highest BCUT2D eigenvalue weighted by atomic mass is 16.5. The van der Waals surface area contributed by atoms with E-state index in [1.54, 1.807) is 13.8 Å². The first-order valence-electron chi connectivity index (χ1n) is 4.99. The summed E-state index contributed by atoms with van der Waals surface area (Å²) in [6, 6.07) is 9.72. The second-order valence-electron chi connectivity index (χ2n) is 3.63. The van der Waals surface area contributed by atoms with Gasteiger partial charge >= 0.3 is 5.97 Å². The fourth-order valence-corrected chi connectivity index (χ4v) is 1.15. The van der Waals surface area contributed by atoms with E-state index in [9.17, 15) is 4.79 Å². The van der Waals surface area contributed by atoms with Gasteiger partial charge in [-0.3, -0.25) is 4.79 Å². The van der Waals surface area contributed by atoms with Crippen molar-refractivity contribution < 1.29 is 14.6 Å². The summed E-state index contributed by atoms with van der Waals surface area (Å²) >= 11 is 0. The lowest BCUT2D eigenvalue weighted by Gasteiger charge is -2.16. The molecule has 0 saturated carbocycles. The minimum Gasteiger partial charge on any atom is -0.481 e. The van der Waals surface area contributed by atoms with Gasteiger partial charge in [-0.2, -0.15) is 0 Å². The first-order valence-corrected chi connectivity index (χ1v) is 4.99. The van der Waals surface area contributed by atoms with Crippen LogP contribution in [0, 0.1) is 5.92 Å². The second-order valence-corrected chi connectivity index (χ2v) is 3.63. The van der Waals surface area contributed by atoms with E-state index in [0.717, 1.165) is 5.56 Å². The third-order valence-electron chi connectivity index (χ3n) is 2.45. The molecule has 0 bridgehead atoms. The summed E-state index contributed by atoms with van der Waals surface area (Å²) in [5.41, 5.74) is 1.06. The van der Waals surface area contributed by atoms with Crippen LogP contribution in [0.4, 0.5) is 0 Å². The number of aliphatic carboxylic acids is 1. The first kappa shape index (κ1) is 11.7. The number of carboxylic acids is 1. The molecule has 1 aromatic carbocycles. The van der Waals surface area contributed by atoms with Crippen molar-refractivity contribution in [2.45, 2.75) is 26.6 Å². The van der Waals surface area contributed by atoms with Crippen molar-refractivity contribution in [3.63, 3.8) is 0 Å². The van der Waals surface area contributed by atoms with E-state index in [2.05, 4.69) is 0 Å². The molecule has 0 aliphatic rings. The van der Waals surface area contributed by atoms with Crippen LogP contribution in [0.5, 0.6) is 0 Å². The van der Waals surface area contributed by atoms with E-state index in [-0.39, 0.29) is 6.10 Å². The van der Waals surface area contributed by atoms with Crippen molar-refractivity contribution in [2.75, 3.05) is 0 Å². The van der Waals surface area contributed by atoms with Crippen molar-refractivity contribution in [3.05, 3.63) is 35.9 Å². The monoisotopic (exact) mass is 208 g/mol. The average Bonchev–Trinajstić information content (AvgIpc) is 2.26. The van der Waals surface area contributed by atoms with Gasteiger partial charge < -0.3 is 9.84 Å². The van der Waals surface area contributed by atoms with E-state index >= 15 is 0 Å². The highest BCUT2D eigenvalue weighted by molar-refractivity contribution is 5.70. The largest absolute Gasteiger partial charge is 0.481 e. The molecule has 0 saturated heterocycles. The summed E-state index contributed by atoms with van der Waals surface area (Å²) in [6.07, 6.45) is -0.275. The van der Waals surface area contributed by atoms with E-state index in [0.29, 0.717) is 6.61 Å². The van der Waals surface area contributed by atoms with Crippen molar-refractivity contribution in [3.8, 4) is 0 Å². The molecule has 0 aliphatic heterocycles. The number of ether oxygens (including phenoxy) is 1. The minimum absolute atomic E-state index is 0.275. The maximum absolute atomic E-state index is 10.7. The molecule has 2 atom stereocenters. The Bertz CT molecular complexity index is 308. The van der Waals surface area contributed by atoms with E-state index < -0.39 is 11.9 Å². The summed E-state index contributed by atoms with van der Waals surface area (Å²) < 4.78 is 5.47. The SMILES string of the molecule is CC(OCc1ccccc1)C(C)C(=O)O. The smallest absolute Gasteiger partial charge is 0.308 e. The first-order chi connectivity index (χ1) is 7.11. The van der Waals surface area contributed by atoms with Crippen LogP contribution >= 0.6 is 0 Å². The molecule has 2 unspecified atom stereocenters. The van der Waals surface area contributed by atoms with Crippen LogP contribution in [0.2, 0.25) is 0 Å². The molecule has 0 amide bonds. The van der Waals surface area contributed by atoms with Crippen LogP contribution in [0.3, 0.4) is 0 Å². The van der Waals surface area contributed by atoms with E-state index in [1.165, 1.54) is 0 Å². The normalized spacial score (nSPS) is 14.5. The van der Waals surface area contributed by atoms with Crippen molar-refractivity contribution in [1.82, 2.24) is 0 Å². The van der Waals surface area contributed by atoms with Gasteiger partial charge in [0.15, 0.2) is 0 Å². The molecule has 15 heavy (non-hydrogen) atoms. The summed E-state index contributed by atoms with van der Waals surface area (Å²) in [7, 11) is 0. The predicted octanol–water partition coefficient (Wildman–Crippen LogP) is 2.31. The molecule has 3 nitrogen and oxygen atoms in total. The molecule has 1 N–H and O–H groups in total. The van der Waals surface area contributed by atoms with Crippen molar-refractivity contribution in [1.29, 1.82) is 0 Å². The van der Waals surface area contributed by atoms with Crippen LogP contribution in [0.15, 0.2) is 30.3 Å². The highest BCUT2D eigenvalue weighted by Crippen LogP contribution is 2.10. The minimum atomic E-state index is -0.824. The second kappa shape index (κ2) is 5.51. The summed E-state index contributed by atoms with van der Waals surface area (Å²) in [6.45, 7) is 3.89. The van der Waals surface area contributed by atoms with Crippen LogP contribution in [-0.2, 0) is 16.1 Å². The Hall–Kier alpha value is -1.35. The molecule has 0 heterocycles. The standard InChI is InChI=1S/C12H16O3/c1-9(12(13)14)10(2)15-8-11-6-4-3-5-7-11/h3-7,9-10H,8H2,1-2H3,(H,13,14). The zero-order valence-corrected chi connectivity index (χ0v) is 9.01. The fraction of sp³-hybridized carbons (Fsp3) is 0.417. The van der Waals surface area contributed by atoms with Gasteiger partial charge in [0.1, 0.15) is 0 Å². The molecule has 0 radical (unpaired) electrons. The molecule has 0 aliphatic carbocycles. The third kappa shape index (κ3) is 3.72. The lowest BCUT2D eigenvalue weighted by Crippen LogP contribution is -2.25. The molecular formula is C12H16O3. The maximum Gasteiger partial charge on any atom is 0.308 e. The molecule has 0 spiro atoms. The molecular weight excluding hydrogens is 192 g/mol. The molecule has 3 heteroatoms. The van der Waals surface area contributed by atoms with E-state index in [4.69, 9.17) is 9.84 Å². The Labute approximate surface area is 89.7 Å². The lowest BCUT2D eigenvalue weighted by atomic mass is 10.1. The number of carboxylic acid groups (broad SMARTS) is 1. The van der Waals surface area contributed by atoms with Crippen LogP contribution in [0.1, 0.15) is 19.4 Å². The van der Waals surface area contributed by atoms with Crippen LogP contribution in [-0.4, -0.2) is 17.2 Å². The summed E-state index contributed by atoms with van der Waals surface area (Å²) in [5, 5.41) is 8.77. The van der Waals surface area contributed by atoms with Gasteiger partial charge in [0.05, 0.1) is 18.6 Å². The fourth-order valence-electron chi connectivity index (χ4n) is 1.15. The molecule has 0 fully saturated rings. The summed E-state index contributed by atoms with van der Waals surface area (Å²) in [4.78, 5) is 10.7. The Balaban J connectivity index is 2.41. The number of hydrogen-bond acceptors (Lipinski definition) is 2. The summed E-state index contributed by atoms with van der Waals surface area (Å²) in [5.74, 6) is -1.30. The maximum atomic E-state index is 10.7. The van der Waals surface area contributed by atoms with Gasteiger partial charge in [-0.15, -0.1) is 0 Å². The van der Waals surface area contributed by atoms with E-state index in [1.807, 2.05) is 30.3 Å². The average molecular weight is 208 g/mol. The van der Waals surface area contributed by atoms with Gasteiger partial charge in [0, 0.05) is 0 Å².